The van der Waals surface area contributed by atoms with Gasteiger partial charge in [-0.2, -0.15) is 15.5 Å². The van der Waals surface area contributed by atoms with Crippen LogP contribution in [0, 0.1) is 40.4 Å². The van der Waals surface area contributed by atoms with E-state index in [-0.39, 0.29) is 109 Å². The van der Waals surface area contributed by atoms with Crippen molar-refractivity contribution in [1.82, 2.24) is 54.1 Å². The molecule has 0 spiro atoms. The zero-order chi connectivity index (χ0) is 69.4. The van der Waals surface area contributed by atoms with Gasteiger partial charge in [0.25, 0.3) is 26.3 Å². The maximum Gasteiger partial charge on any atom is 0.280 e. The fourth-order valence-corrected chi connectivity index (χ4v) is 17.0. The third-order valence-electron chi connectivity index (χ3n) is 17.7. The Morgan fingerprint density at radius 3 is 1.78 bits per heavy atom. The minimum Gasteiger partial charge on any atom is -0.408 e. The van der Waals surface area contributed by atoms with Gasteiger partial charge < -0.3 is 37.0 Å². The first-order chi connectivity index (χ1) is 45.6. The molecule has 29 heteroatoms. The minimum absolute atomic E-state index is 0.0281. The van der Waals surface area contributed by atoms with Gasteiger partial charge in [-0.15, -0.1) is 0 Å². The number of Topliss-reactive ketones (excluding diaryl/α,β-unsaturated/α-hetero) is 1. The van der Waals surface area contributed by atoms with Crippen LogP contribution >= 0.6 is 15.2 Å². The first-order valence-electron chi connectivity index (χ1n) is 32.6. The number of imidazole rings is 2. The number of rotatable bonds is 31. The summed E-state index contributed by atoms with van der Waals surface area (Å²) in [5.74, 6) is -1.61. The topological polar surface area (TPSA) is 313 Å². The van der Waals surface area contributed by atoms with E-state index in [1.165, 1.54) is 12.7 Å². The molecule has 0 aliphatic carbocycles. The van der Waals surface area contributed by atoms with Crippen LogP contribution < -0.4 is 26.8 Å². The van der Waals surface area contributed by atoms with E-state index in [9.17, 15) is 29.7 Å². The molecule has 0 saturated carbocycles. The van der Waals surface area contributed by atoms with Crippen molar-refractivity contribution in [2.45, 2.75) is 181 Å². The van der Waals surface area contributed by atoms with Crippen LogP contribution in [-0.4, -0.2) is 133 Å². The number of amides is 1. The Hall–Kier alpha value is -6.62. The predicted octanol–water partition coefficient (Wildman–Crippen LogP) is 10.8. The number of H-pyrrole nitrogens is 2. The fourth-order valence-electron chi connectivity index (χ4n) is 11.7. The van der Waals surface area contributed by atoms with Gasteiger partial charge in [0.1, 0.15) is 30.0 Å². The molecule has 7 aromatic rings. The fraction of sp³-hybridized carbons (Fsp3) is 0.522. The molecule has 9 rings (SSSR count). The second kappa shape index (κ2) is 31.5. The smallest absolute Gasteiger partial charge is 0.280 e. The Labute approximate surface area is 568 Å². The molecule has 0 bridgehead atoms. The standard InChI is InChI=1S/C67H90N14O11P2SSi/c1-41(2)49(82)36-52-72-58-55(61(84)73-52)70-39-79(58)63-45(9)53(77-67(46-26-18-15-19-27-46,47-28-20-16-21-29-47)48-30-22-17-23-31-48)51(90-63)38-89-94(95,88-35-25-33-69)78-54-50(37-87-93(86-34-24-32-68)81(43(5)6)44(7)8)91-64(57(54)92-96(13,14)66(10,11)12)80-40-71-56-59(80)74-65(76-62(56)85)75-60(83)42(3)4/h15-23,26-31,39-45,50-51,53-54,57,63-64,77H,24-25,34-38H2,1-14H3,(H,78,95)(H,72,73,84)(H2,74,75,76,83,85)/t45-,50-,51-,53+,54-,57-,63-,64-,93?,94?/m1/s1. The van der Waals surface area contributed by atoms with Gasteiger partial charge in [0.05, 0.1) is 88.2 Å². The average molecular weight is 1390 g/mol. The zero-order valence-electron chi connectivity index (χ0n) is 57.0. The Kier molecular flexibility index (Phi) is 24.1. The molecule has 25 nitrogen and oxygen atoms in total. The van der Waals surface area contributed by atoms with E-state index in [2.05, 4.69) is 123 Å². The third kappa shape index (κ3) is 16.4. The molecule has 10 atom stereocenters. The van der Waals surface area contributed by atoms with Crippen LogP contribution in [-0.2, 0) is 65.4 Å². The molecule has 514 valence electrons. The van der Waals surface area contributed by atoms with Gasteiger partial charge in [0.15, 0.2) is 36.9 Å². The van der Waals surface area contributed by atoms with E-state index in [0.29, 0.717) is 0 Å². The number of benzene rings is 3. The van der Waals surface area contributed by atoms with Crippen LogP contribution in [0.2, 0.25) is 18.1 Å². The van der Waals surface area contributed by atoms with Crippen LogP contribution in [0.1, 0.15) is 131 Å². The monoisotopic (exact) mass is 1390 g/mol. The molecule has 5 N–H and O–H groups in total. The number of nitrogens with one attached hydrogen (secondary N) is 5. The van der Waals surface area contributed by atoms with Gasteiger partial charge in [-0.25, -0.2) is 24.7 Å². The lowest BCUT2D eigenvalue weighted by Crippen LogP contribution is -2.55. The van der Waals surface area contributed by atoms with Gasteiger partial charge in [-0.1, -0.05) is 146 Å². The molecule has 2 fully saturated rings. The molecule has 96 heavy (non-hydrogen) atoms. The maximum atomic E-state index is 13.9. The number of carbonyl (C=O) groups is 2. The maximum absolute atomic E-state index is 13.9. The summed E-state index contributed by atoms with van der Waals surface area (Å²) in [5, 5.41) is 30.0. The summed E-state index contributed by atoms with van der Waals surface area (Å²) < 4.78 is 55.0. The summed E-state index contributed by atoms with van der Waals surface area (Å²) in [6.45, 7) is 23.3. The molecule has 2 aliphatic heterocycles. The SMILES string of the molecule is CC(C)C(=O)Cc1nc2c(ncn2[C@@H]2O[C@H](COP(=S)(N[C@H]3[C@@H](O[Si](C)(C)C(C)(C)C)[C@H](n4cnc5c(=O)[nH]c(NC(=O)C(C)C)nc54)O[C@@H]3COP(OCCC#N)N(C(C)C)C(C)C)OCCC#N)[C@@H](NC(c3ccccc3)(c3ccccc3)c3ccccc3)[C@H]2C)c(=O)[nH]1. The molecule has 4 aromatic heterocycles. The molecular weight excluding hydrogens is 1300 g/mol. The summed E-state index contributed by atoms with van der Waals surface area (Å²) >= 11 is 6.76. The van der Waals surface area contributed by atoms with Crippen molar-refractivity contribution in [3.8, 4) is 12.1 Å². The second-order valence-electron chi connectivity index (χ2n) is 26.9. The molecule has 6 heterocycles. The normalized spacial score (nSPS) is 21.2. The van der Waals surface area contributed by atoms with Gasteiger partial charge in [0, 0.05) is 35.9 Å². The number of hydrogen-bond acceptors (Lipinski definition) is 20. The van der Waals surface area contributed by atoms with E-state index >= 15 is 0 Å². The number of ketones is 1. The van der Waals surface area contributed by atoms with Gasteiger partial charge in [-0.05, 0) is 74.3 Å². The van der Waals surface area contributed by atoms with Crippen molar-refractivity contribution in [2.24, 2.45) is 17.8 Å². The number of anilines is 1. The minimum atomic E-state index is -3.97. The molecule has 1 amide bonds. The highest BCUT2D eigenvalue weighted by atomic mass is 32.5. The number of ether oxygens (including phenoxy) is 2. The lowest BCUT2D eigenvalue weighted by Gasteiger charge is -2.42. The van der Waals surface area contributed by atoms with Crippen LogP contribution in [0.15, 0.2) is 113 Å². The predicted molar refractivity (Wildman–Crippen MR) is 373 cm³/mol. The number of hydrogen-bond donors (Lipinski definition) is 5. The van der Waals surface area contributed by atoms with Gasteiger partial charge >= 0.3 is 0 Å². The van der Waals surface area contributed by atoms with Crippen molar-refractivity contribution in [2.75, 3.05) is 31.7 Å². The van der Waals surface area contributed by atoms with Crippen molar-refractivity contribution in [1.29, 1.82) is 10.5 Å². The summed E-state index contributed by atoms with van der Waals surface area (Å²) in [4.78, 5) is 78.2. The molecule has 2 unspecified atom stereocenters. The lowest BCUT2D eigenvalue weighted by molar-refractivity contribution is -0.121. The summed E-state index contributed by atoms with van der Waals surface area (Å²) in [6, 6.07) is 33.0. The Morgan fingerprint density at radius 2 is 1.25 bits per heavy atom. The third-order valence-corrected chi connectivity index (χ3v) is 26.9. The summed E-state index contributed by atoms with van der Waals surface area (Å²) in [5.41, 5.74) is 0.949. The zero-order valence-corrected chi connectivity index (χ0v) is 60.6. The largest absolute Gasteiger partial charge is 0.408 e. The highest BCUT2D eigenvalue weighted by molar-refractivity contribution is 8.09. The molecular formula is C67H90N14O11P2SSi. The average Bonchev–Trinajstić information content (AvgIpc) is 1.44. The van der Waals surface area contributed by atoms with Crippen LogP contribution in [0.3, 0.4) is 0 Å². The van der Waals surface area contributed by atoms with E-state index in [0.717, 1.165) is 16.7 Å². The molecule has 2 aliphatic rings. The summed E-state index contributed by atoms with van der Waals surface area (Å²) in [6.07, 6.45) is -1.95. The van der Waals surface area contributed by atoms with Crippen molar-refractivity contribution in [3.05, 3.63) is 147 Å². The first kappa shape index (κ1) is 73.6. The number of aromatic nitrogens is 8. The van der Waals surface area contributed by atoms with Crippen LogP contribution in [0.4, 0.5) is 5.95 Å². The highest BCUT2D eigenvalue weighted by Crippen LogP contribution is 2.53. The number of carbonyl (C=O) groups excluding carboxylic acids is 2. The number of nitriles is 2. The Balaban J connectivity index is 1.19. The number of nitrogens with zero attached hydrogens (tertiary/aromatic N) is 9. The lowest BCUT2D eigenvalue weighted by atomic mass is 9.75. The summed E-state index contributed by atoms with van der Waals surface area (Å²) in [7, 11) is -4.75. The second-order valence-corrected chi connectivity index (χ2v) is 36.3. The van der Waals surface area contributed by atoms with Gasteiger partial charge in [0.2, 0.25) is 11.9 Å². The molecule has 2 saturated heterocycles. The van der Waals surface area contributed by atoms with Crippen molar-refractivity contribution in [3.63, 3.8) is 0 Å². The Bertz CT molecular complexity index is 3960. The Morgan fingerprint density at radius 1 is 0.729 bits per heavy atom. The van der Waals surface area contributed by atoms with Crippen molar-refractivity contribution >= 4 is 75.3 Å². The quantitative estimate of drug-likeness (QED) is 0.0117. The van der Waals surface area contributed by atoms with E-state index in [1.54, 1.807) is 36.8 Å². The van der Waals surface area contributed by atoms with E-state index in [4.69, 9.17) is 53.8 Å². The van der Waals surface area contributed by atoms with Gasteiger partial charge in [-0.3, -0.25) is 43.9 Å². The van der Waals surface area contributed by atoms with Crippen molar-refractivity contribution < 1.29 is 41.6 Å². The molecule has 0 radical (unpaired) electrons. The highest BCUT2D eigenvalue weighted by Gasteiger charge is 2.55. The van der Waals surface area contributed by atoms with Crippen LogP contribution in [0.25, 0.3) is 22.3 Å². The molecule has 3 aromatic carbocycles. The van der Waals surface area contributed by atoms with E-state index in [1.807, 2.05) is 89.2 Å². The van der Waals surface area contributed by atoms with E-state index < -0.39 is 99.9 Å². The number of fused-ring (bicyclic) bond motifs is 2. The number of aromatic amines is 2. The van der Waals surface area contributed by atoms with Crippen LogP contribution in [0.5, 0.6) is 0 Å². The first-order valence-corrected chi connectivity index (χ1v) is 39.2.